The minimum absolute atomic E-state index is 0.388. The molecular weight excluding hydrogens is 224 g/mol. The number of nitrogen functional groups attached to an aromatic ring is 1. The van der Waals surface area contributed by atoms with Crippen molar-refractivity contribution in [2.24, 2.45) is 0 Å². The van der Waals surface area contributed by atoms with Crippen LogP contribution in [0.25, 0.3) is 11.5 Å². The first kappa shape index (κ1) is 10.9. The second-order valence-electron chi connectivity index (χ2n) is 3.41. The molecule has 2 aromatic heterocycles. The third-order valence-corrected chi connectivity index (χ3v) is 2.75. The van der Waals surface area contributed by atoms with Gasteiger partial charge in [0.25, 0.3) is 0 Å². The first-order chi connectivity index (χ1) is 7.67. The molecule has 2 heterocycles. The number of nitrogens with zero attached hydrogens (tertiary/aromatic N) is 4. The fourth-order valence-electron chi connectivity index (χ4n) is 1.61. The highest BCUT2D eigenvalue weighted by molar-refractivity contribution is 7.71. The average Bonchev–Trinajstić information content (AvgIpc) is 2.84. The van der Waals surface area contributed by atoms with Gasteiger partial charge in [0.15, 0.2) is 0 Å². The summed E-state index contributed by atoms with van der Waals surface area (Å²) in [6.45, 7) is 4.97. The van der Waals surface area contributed by atoms with Gasteiger partial charge in [-0.05, 0) is 31.6 Å². The first-order valence-corrected chi connectivity index (χ1v) is 5.57. The standard InChI is InChI=1S/C9H14N6S/c1-3-6-5-7(13-14(6)4-2)8-11-12-9(16)15(8)10/h5H,3-4,10H2,1-2H3,(H,12,16). The Labute approximate surface area is 98.1 Å². The predicted molar refractivity (Wildman–Crippen MR) is 63.8 cm³/mol. The number of nitrogens with one attached hydrogen (secondary N) is 1. The Kier molecular flexibility index (Phi) is 2.78. The highest BCUT2D eigenvalue weighted by atomic mass is 32.1. The van der Waals surface area contributed by atoms with E-state index in [0.29, 0.717) is 10.6 Å². The molecule has 0 radical (unpaired) electrons. The van der Waals surface area contributed by atoms with Crippen LogP contribution >= 0.6 is 12.2 Å². The largest absolute Gasteiger partial charge is 0.335 e. The summed E-state index contributed by atoms with van der Waals surface area (Å²) in [6.07, 6.45) is 0.927. The summed E-state index contributed by atoms with van der Waals surface area (Å²) in [4.78, 5) is 0. The van der Waals surface area contributed by atoms with E-state index in [0.717, 1.165) is 24.4 Å². The molecule has 2 aromatic rings. The van der Waals surface area contributed by atoms with Crippen molar-refractivity contribution in [2.45, 2.75) is 26.8 Å². The van der Waals surface area contributed by atoms with Gasteiger partial charge in [0.1, 0.15) is 5.69 Å². The molecule has 0 saturated carbocycles. The van der Waals surface area contributed by atoms with Crippen molar-refractivity contribution >= 4 is 12.2 Å². The van der Waals surface area contributed by atoms with Crippen LogP contribution in [-0.2, 0) is 13.0 Å². The van der Waals surface area contributed by atoms with Crippen LogP contribution in [0.3, 0.4) is 0 Å². The summed E-state index contributed by atoms with van der Waals surface area (Å²) in [6, 6.07) is 1.98. The lowest BCUT2D eigenvalue weighted by Gasteiger charge is -1.99. The summed E-state index contributed by atoms with van der Waals surface area (Å²) >= 11 is 4.96. The molecule has 0 unspecified atom stereocenters. The van der Waals surface area contributed by atoms with Crippen LogP contribution in [0, 0.1) is 4.77 Å². The SMILES string of the molecule is CCc1cc(-c2n[nH]c(=S)n2N)nn1CC. The van der Waals surface area contributed by atoms with E-state index in [2.05, 4.69) is 29.1 Å². The molecule has 0 aromatic carbocycles. The van der Waals surface area contributed by atoms with E-state index in [9.17, 15) is 0 Å². The predicted octanol–water partition coefficient (Wildman–Crippen LogP) is 1.10. The quantitative estimate of drug-likeness (QED) is 0.620. The number of hydrogen-bond donors (Lipinski definition) is 2. The van der Waals surface area contributed by atoms with Crippen LogP contribution in [0.4, 0.5) is 0 Å². The Morgan fingerprint density at radius 3 is 2.69 bits per heavy atom. The van der Waals surface area contributed by atoms with E-state index in [1.807, 2.05) is 10.7 Å². The van der Waals surface area contributed by atoms with Crippen LogP contribution in [-0.4, -0.2) is 24.7 Å². The Morgan fingerprint density at radius 2 is 2.25 bits per heavy atom. The molecule has 6 nitrogen and oxygen atoms in total. The third kappa shape index (κ3) is 1.63. The Morgan fingerprint density at radius 1 is 1.50 bits per heavy atom. The van der Waals surface area contributed by atoms with Gasteiger partial charge in [-0.3, -0.25) is 4.68 Å². The molecule has 0 amide bonds. The van der Waals surface area contributed by atoms with E-state index in [1.165, 1.54) is 4.68 Å². The van der Waals surface area contributed by atoms with Gasteiger partial charge in [0, 0.05) is 12.2 Å². The number of H-pyrrole nitrogens is 1. The van der Waals surface area contributed by atoms with Crippen molar-refractivity contribution in [3.63, 3.8) is 0 Å². The molecule has 7 heteroatoms. The van der Waals surface area contributed by atoms with Gasteiger partial charge >= 0.3 is 0 Å². The summed E-state index contributed by atoms with van der Waals surface area (Å²) < 4.78 is 3.66. The maximum atomic E-state index is 5.75. The van der Waals surface area contributed by atoms with Crippen molar-refractivity contribution < 1.29 is 0 Å². The molecule has 0 spiro atoms. The number of hydrogen-bond acceptors (Lipinski definition) is 4. The number of aryl methyl sites for hydroxylation is 2. The summed E-state index contributed by atoms with van der Waals surface area (Å²) in [7, 11) is 0. The van der Waals surface area contributed by atoms with Gasteiger partial charge in [-0.1, -0.05) is 6.92 Å². The summed E-state index contributed by atoms with van der Waals surface area (Å²) in [5, 5.41) is 11.1. The van der Waals surface area contributed by atoms with Crippen LogP contribution in [0.15, 0.2) is 6.07 Å². The molecule has 0 saturated heterocycles. The molecule has 0 fully saturated rings. The molecule has 0 atom stereocenters. The van der Waals surface area contributed by atoms with Gasteiger partial charge in [0.2, 0.25) is 10.6 Å². The lowest BCUT2D eigenvalue weighted by molar-refractivity contribution is 0.627. The molecule has 0 aliphatic rings. The lowest BCUT2D eigenvalue weighted by atomic mass is 10.3. The highest BCUT2D eigenvalue weighted by Gasteiger charge is 2.12. The lowest BCUT2D eigenvalue weighted by Crippen LogP contribution is -2.10. The maximum absolute atomic E-state index is 5.75. The Balaban J connectivity index is 2.52. The molecule has 0 aliphatic heterocycles. The van der Waals surface area contributed by atoms with Crippen molar-refractivity contribution in [3.05, 3.63) is 16.5 Å². The van der Waals surface area contributed by atoms with E-state index < -0.39 is 0 Å². The zero-order valence-electron chi connectivity index (χ0n) is 9.27. The van der Waals surface area contributed by atoms with Crippen LogP contribution in [0.1, 0.15) is 19.5 Å². The van der Waals surface area contributed by atoms with Crippen molar-refractivity contribution in [2.75, 3.05) is 5.84 Å². The topological polar surface area (TPSA) is 77.4 Å². The minimum atomic E-state index is 0.388. The van der Waals surface area contributed by atoms with Crippen LogP contribution < -0.4 is 5.84 Å². The molecule has 0 aliphatic carbocycles. The second-order valence-corrected chi connectivity index (χ2v) is 3.80. The zero-order chi connectivity index (χ0) is 11.7. The molecule has 86 valence electrons. The van der Waals surface area contributed by atoms with Gasteiger partial charge < -0.3 is 5.84 Å². The Hall–Kier alpha value is -1.63. The van der Waals surface area contributed by atoms with Gasteiger partial charge in [-0.15, -0.1) is 0 Å². The van der Waals surface area contributed by atoms with Crippen molar-refractivity contribution in [1.82, 2.24) is 24.7 Å². The number of aromatic amines is 1. The number of rotatable bonds is 3. The van der Waals surface area contributed by atoms with Gasteiger partial charge in [0.05, 0.1) is 0 Å². The normalized spacial score (nSPS) is 10.9. The first-order valence-electron chi connectivity index (χ1n) is 5.17. The number of nitrogens with two attached hydrogens (primary N) is 1. The molecule has 3 N–H and O–H groups in total. The molecule has 16 heavy (non-hydrogen) atoms. The second kappa shape index (κ2) is 4.09. The van der Waals surface area contributed by atoms with Crippen molar-refractivity contribution in [1.29, 1.82) is 0 Å². The van der Waals surface area contributed by atoms with E-state index in [4.69, 9.17) is 18.1 Å². The monoisotopic (exact) mass is 238 g/mol. The molecule has 2 rings (SSSR count). The summed E-state index contributed by atoms with van der Waals surface area (Å²) in [5.41, 5.74) is 1.90. The van der Waals surface area contributed by atoms with Crippen LogP contribution in [0.2, 0.25) is 0 Å². The maximum Gasteiger partial charge on any atom is 0.214 e. The van der Waals surface area contributed by atoms with Crippen LogP contribution in [0.5, 0.6) is 0 Å². The van der Waals surface area contributed by atoms with E-state index in [-0.39, 0.29) is 0 Å². The highest BCUT2D eigenvalue weighted by Crippen LogP contribution is 2.16. The van der Waals surface area contributed by atoms with Gasteiger partial charge in [-0.2, -0.15) is 10.2 Å². The van der Waals surface area contributed by atoms with Crippen molar-refractivity contribution in [3.8, 4) is 11.5 Å². The molecule has 0 bridgehead atoms. The number of aromatic nitrogens is 5. The Bertz CT molecular complexity index is 527. The van der Waals surface area contributed by atoms with E-state index in [1.54, 1.807) is 0 Å². The van der Waals surface area contributed by atoms with Gasteiger partial charge in [-0.25, -0.2) is 9.77 Å². The fraction of sp³-hybridized carbons (Fsp3) is 0.444. The third-order valence-electron chi connectivity index (χ3n) is 2.46. The van der Waals surface area contributed by atoms with E-state index >= 15 is 0 Å². The minimum Gasteiger partial charge on any atom is -0.335 e. The molecular formula is C9H14N6S. The smallest absolute Gasteiger partial charge is 0.214 e. The average molecular weight is 238 g/mol. The fourth-order valence-corrected chi connectivity index (χ4v) is 1.74. The summed E-state index contributed by atoms with van der Waals surface area (Å²) in [5.74, 6) is 6.31. The zero-order valence-corrected chi connectivity index (χ0v) is 10.1.